The minimum atomic E-state index is 0. The van der Waals surface area contributed by atoms with E-state index in [-0.39, 0.29) is 12.4 Å². The predicted octanol–water partition coefficient (Wildman–Crippen LogP) is 3.60. The quantitative estimate of drug-likeness (QED) is 0.590. The van der Waals surface area contributed by atoms with Gasteiger partial charge in [0.1, 0.15) is 0 Å². The average molecular weight is 301 g/mol. The van der Waals surface area contributed by atoms with E-state index in [0.29, 0.717) is 0 Å². The molecule has 21 heavy (non-hydrogen) atoms. The lowest BCUT2D eigenvalue weighted by atomic mass is 10.2. The summed E-state index contributed by atoms with van der Waals surface area (Å²) in [5.74, 6) is 0.747. The topological polar surface area (TPSA) is 63.3 Å². The van der Waals surface area contributed by atoms with Crippen molar-refractivity contribution in [3.8, 4) is 11.3 Å². The third kappa shape index (κ3) is 3.90. The Morgan fingerprint density at radius 3 is 2.43 bits per heavy atom. The van der Waals surface area contributed by atoms with Gasteiger partial charge in [0.15, 0.2) is 12.2 Å². The highest BCUT2D eigenvalue weighted by Gasteiger charge is 2.00. The third-order valence-corrected chi connectivity index (χ3v) is 2.72. The van der Waals surface area contributed by atoms with Crippen LogP contribution >= 0.6 is 12.4 Å². The van der Waals surface area contributed by atoms with Crippen molar-refractivity contribution < 1.29 is 4.42 Å². The Morgan fingerprint density at radius 2 is 1.76 bits per heavy atom. The van der Waals surface area contributed by atoms with Crippen LogP contribution in [-0.2, 0) is 0 Å². The van der Waals surface area contributed by atoms with Gasteiger partial charge in [-0.15, -0.1) is 12.4 Å². The Morgan fingerprint density at radius 1 is 1.00 bits per heavy atom. The lowest BCUT2D eigenvalue weighted by Crippen LogP contribution is -1.90. The highest BCUT2D eigenvalue weighted by atomic mass is 35.5. The lowest BCUT2D eigenvalue weighted by molar-refractivity contribution is 0.572. The number of hydrogen-bond acceptors (Lipinski definition) is 5. The van der Waals surface area contributed by atoms with Gasteiger partial charge in [-0.1, -0.05) is 0 Å². The minimum Gasteiger partial charge on any atom is -0.444 e. The number of anilines is 1. The van der Waals surface area contributed by atoms with Crippen molar-refractivity contribution in [2.75, 3.05) is 5.43 Å². The zero-order valence-electron chi connectivity index (χ0n) is 11.0. The summed E-state index contributed by atoms with van der Waals surface area (Å²) in [5.41, 5.74) is 5.84. The van der Waals surface area contributed by atoms with Gasteiger partial charge in [0.25, 0.3) is 0 Å². The van der Waals surface area contributed by atoms with Crippen LogP contribution in [0.5, 0.6) is 0 Å². The Kier molecular flexibility index (Phi) is 5.06. The summed E-state index contributed by atoms with van der Waals surface area (Å²) >= 11 is 0. The second-order valence-corrected chi connectivity index (χ2v) is 4.09. The van der Waals surface area contributed by atoms with E-state index in [0.717, 1.165) is 22.6 Å². The fourth-order valence-electron chi connectivity index (χ4n) is 1.70. The monoisotopic (exact) mass is 300 g/mol. The van der Waals surface area contributed by atoms with Crippen LogP contribution in [0, 0.1) is 0 Å². The van der Waals surface area contributed by atoms with Gasteiger partial charge in [-0.3, -0.25) is 10.4 Å². The molecule has 0 unspecified atom stereocenters. The summed E-state index contributed by atoms with van der Waals surface area (Å²) in [5, 5.41) is 4.17. The van der Waals surface area contributed by atoms with E-state index in [1.54, 1.807) is 24.8 Å². The van der Waals surface area contributed by atoms with Gasteiger partial charge in [0.2, 0.25) is 0 Å². The highest BCUT2D eigenvalue weighted by Crippen LogP contribution is 2.20. The Hall–Kier alpha value is -2.66. The van der Waals surface area contributed by atoms with E-state index < -0.39 is 0 Å². The highest BCUT2D eigenvalue weighted by molar-refractivity contribution is 5.85. The Labute approximate surface area is 128 Å². The molecule has 0 fully saturated rings. The van der Waals surface area contributed by atoms with Gasteiger partial charge < -0.3 is 4.42 Å². The van der Waals surface area contributed by atoms with Crippen molar-refractivity contribution in [3.63, 3.8) is 0 Å². The Balaban J connectivity index is 0.00000161. The van der Waals surface area contributed by atoms with Crippen LogP contribution in [0.3, 0.4) is 0 Å². The molecule has 5 nitrogen and oxygen atoms in total. The van der Waals surface area contributed by atoms with Gasteiger partial charge in [0.05, 0.1) is 18.1 Å². The van der Waals surface area contributed by atoms with Crippen molar-refractivity contribution in [2.24, 2.45) is 5.10 Å². The second kappa shape index (κ2) is 7.21. The molecule has 1 N–H and O–H groups in total. The number of oxazole rings is 1. The molecule has 2 aromatic heterocycles. The summed E-state index contributed by atoms with van der Waals surface area (Å²) in [4.78, 5) is 7.84. The number of halogens is 1. The van der Waals surface area contributed by atoms with Gasteiger partial charge in [-0.2, -0.15) is 5.10 Å². The van der Waals surface area contributed by atoms with Crippen LogP contribution in [0.1, 0.15) is 5.56 Å². The van der Waals surface area contributed by atoms with E-state index in [4.69, 9.17) is 4.42 Å². The fraction of sp³-hybridized carbons (Fsp3) is 0. The SMILES string of the molecule is C(=NNc1ccc(-c2cnco2)cc1)c1ccncc1.Cl. The molecule has 0 aliphatic rings. The van der Waals surface area contributed by atoms with Crippen LogP contribution in [0.2, 0.25) is 0 Å². The molecule has 3 aromatic rings. The smallest absolute Gasteiger partial charge is 0.181 e. The number of aromatic nitrogens is 2. The number of hydrazone groups is 1. The summed E-state index contributed by atoms with van der Waals surface area (Å²) < 4.78 is 5.23. The van der Waals surface area contributed by atoms with E-state index in [9.17, 15) is 0 Å². The molecule has 0 radical (unpaired) electrons. The average Bonchev–Trinajstić information content (AvgIpc) is 3.03. The molecule has 0 aliphatic heterocycles. The zero-order chi connectivity index (χ0) is 13.6. The van der Waals surface area contributed by atoms with Crippen molar-refractivity contribution in [2.45, 2.75) is 0 Å². The van der Waals surface area contributed by atoms with E-state index >= 15 is 0 Å². The van der Waals surface area contributed by atoms with Crippen molar-refractivity contribution in [1.82, 2.24) is 9.97 Å². The molecule has 0 amide bonds. The van der Waals surface area contributed by atoms with Crippen molar-refractivity contribution >= 4 is 24.3 Å². The zero-order valence-corrected chi connectivity index (χ0v) is 11.8. The number of nitrogens with zero attached hydrogens (tertiary/aromatic N) is 3. The van der Waals surface area contributed by atoms with Gasteiger partial charge in [0, 0.05) is 18.0 Å². The maximum atomic E-state index is 5.23. The van der Waals surface area contributed by atoms with Crippen LogP contribution in [0.15, 0.2) is 70.9 Å². The number of hydrogen-bond donors (Lipinski definition) is 1. The first-order valence-electron chi connectivity index (χ1n) is 6.10. The molecule has 0 bridgehead atoms. The fourth-order valence-corrected chi connectivity index (χ4v) is 1.70. The molecule has 0 saturated carbocycles. The molecule has 0 aliphatic carbocycles. The first-order chi connectivity index (χ1) is 9.92. The van der Waals surface area contributed by atoms with Crippen molar-refractivity contribution in [1.29, 1.82) is 0 Å². The standard InChI is InChI=1S/C15H12N4O.ClH/c1-3-14(4-2-13(1)15-10-17-11-20-15)19-18-9-12-5-7-16-8-6-12;/h1-11,19H;1H. The van der Waals surface area contributed by atoms with Crippen LogP contribution in [0.4, 0.5) is 5.69 Å². The molecule has 0 saturated heterocycles. The first-order valence-corrected chi connectivity index (χ1v) is 6.10. The molecule has 6 heteroatoms. The molecule has 3 rings (SSSR count). The molecule has 2 heterocycles. The normalized spacial score (nSPS) is 10.3. The van der Waals surface area contributed by atoms with Gasteiger partial charge in [-0.05, 0) is 42.0 Å². The molecular formula is C15H13ClN4O. The minimum absolute atomic E-state index is 0. The molecule has 0 spiro atoms. The lowest BCUT2D eigenvalue weighted by Gasteiger charge is -2.01. The van der Waals surface area contributed by atoms with Gasteiger partial charge in [-0.25, -0.2) is 4.98 Å². The number of pyridine rings is 1. The largest absolute Gasteiger partial charge is 0.444 e. The molecule has 0 atom stereocenters. The van der Waals surface area contributed by atoms with E-state index in [2.05, 4.69) is 20.5 Å². The number of nitrogens with one attached hydrogen (secondary N) is 1. The first kappa shape index (κ1) is 14.7. The van der Waals surface area contributed by atoms with Crippen LogP contribution < -0.4 is 5.43 Å². The Bertz CT molecular complexity index is 681. The summed E-state index contributed by atoms with van der Waals surface area (Å²) in [7, 11) is 0. The maximum Gasteiger partial charge on any atom is 0.181 e. The van der Waals surface area contributed by atoms with Crippen LogP contribution in [0.25, 0.3) is 11.3 Å². The number of rotatable bonds is 4. The summed E-state index contributed by atoms with van der Waals surface area (Å²) in [6.45, 7) is 0. The van der Waals surface area contributed by atoms with E-state index in [1.165, 1.54) is 6.39 Å². The molecule has 106 valence electrons. The summed E-state index contributed by atoms with van der Waals surface area (Å²) in [6.07, 6.45) is 8.30. The van der Waals surface area contributed by atoms with Gasteiger partial charge >= 0.3 is 0 Å². The second-order valence-electron chi connectivity index (χ2n) is 4.09. The number of benzene rings is 1. The van der Waals surface area contributed by atoms with Crippen molar-refractivity contribution in [3.05, 3.63) is 66.9 Å². The van der Waals surface area contributed by atoms with E-state index in [1.807, 2.05) is 36.4 Å². The predicted molar refractivity (Wildman–Crippen MR) is 84.6 cm³/mol. The molecular weight excluding hydrogens is 288 g/mol. The maximum absolute atomic E-state index is 5.23. The molecule has 1 aromatic carbocycles. The van der Waals surface area contributed by atoms with Crippen LogP contribution in [-0.4, -0.2) is 16.2 Å². The summed E-state index contributed by atoms with van der Waals surface area (Å²) in [6, 6.07) is 11.5. The third-order valence-electron chi connectivity index (χ3n) is 2.72.